The third-order valence-corrected chi connectivity index (χ3v) is 4.20. The predicted molar refractivity (Wildman–Crippen MR) is 69.9 cm³/mol. The van der Waals surface area contributed by atoms with Crippen LogP contribution in [-0.4, -0.2) is 36.5 Å². The molecule has 0 radical (unpaired) electrons. The van der Waals surface area contributed by atoms with E-state index in [0.29, 0.717) is 17.9 Å². The first kappa shape index (κ1) is 12.9. The third kappa shape index (κ3) is 3.44. The smallest absolute Gasteiger partial charge is 0.223 e. The van der Waals surface area contributed by atoms with Gasteiger partial charge >= 0.3 is 0 Å². The molecule has 1 aliphatic heterocycles. The molecule has 1 aliphatic carbocycles. The Labute approximate surface area is 105 Å². The maximum atomic E-state index is 12.4. The highest BCUT2D eigenvalue weighted by molar-refractivity contribution is 5.77. The first-order chi connectivity index (χ1) is 8.31. The Kier molecular flexibility index (Phi) is 4.84. The fraction of sp³-hybridized carbons (Fsp3) is 0.929. The number of rotatable bonds is 5. The molecule has 0 spiro atoms. The van der Waals surface area contributed by atoms with Crippen LogP contribution in [0.1, 0.15) is 51.9 Å². The zero-order valence-electron chi connectivity index (χ0n) is 11.1. The van der Waals surface area contributed by atoms with Crippen LogP contribution in [0.5, 0.6) is 0 Å². The van der Waals surface area contributed by atoms with Crippen molar-refractivity contribution in [1.29, 1.82) is 0 Å². The van der Waals surface area contributed by atoms with E-state index >= 15 is 0 Å². The quantitative estimate of drug-likeness (QED) is 0.796. The topological polar surface area (TPSA) is 32.3 Å². The van der Waals surface area contributed by atoms with Gasteiger partial charge in [0.1, 0.15) is 0 Å². The summed E-state index contributed by atoms with van der Waals surface area (Å²) in [5.41, 5.74) is 0. The number of hydrogen-bond acceptors (Lipinski definition) is 2. The van der Waals surface area contributed by atoms with Crippen LogP contribution in [-0.2, 0) is 4.79 Å². The summed E-state index contributed by atoms with van der Waals surface area (Å²) in [6.45, 7) is 5.17. The molecule has 0 bridgehead atoms. The number of nitrogens with zero attached hydrogens (tertiary/aromatic N) is 1. The zero-order valence-corrected chi connectivity index (χ0v) is 11.1. The molecule has 2 rings (SSSR count). The summed E-state index contributed by atoms with van der Waals surface area (Å²) >= 11 is 0. The Morgan fingerprint density at radius 1 is 1.29 bits per heavy atom. The summed E-state index contributed by atoms with van der Waals surface area (Å²) < 4.78 is 0. The van der Waals surface area contributed by atoms with Crippen LogP contribution in [0.3, 0.4) is 0 Å². The highest BCUT2D eigenvalue weighted by Crippen LogP contribution is 2.28. The lowest BCUT2D eigenvalue weighted by atomic mass is 10.0. The second kappa shape index (κ2) is 6.39. The normalized spacial score (nSPS) is 25.4. The van der Waals surface area contributed by atoms with Crippen molar-refractivity contribution in [3.63, 3.8) is 0 Å². The van der Waals surface area contributed by atoms with Gasteiger partial charge in [0.05, 0.1) is 0 Å². The first-order valence-electron chi connectivity index (χ1n) is 7.31. The molecule has 1 saturated heterocycles. The van der Waals surface area contributed by atoms with Crippen LogP contribution in [0, 0.1) is 5.92 Å². The molecule has 1 unspecified atom stereocenters. The Morgan fingerprint density at radius 3 is 2.65 bits per heavy atom. The second-order valence-electron chi connectivity index (χ2n) is 5.59. The highest BCUT2D eigenvalue weighted by Gasteiger charge is 2.28. The highest BCUT2D eigenvalue weighted by atomic mass is 16.2. The summed E-state index contributed by atoms with van der Waals surface area (Å²) in [6.07, 6.45) is 8.22. The van der Waals surface area contributed by atoms with Crippen LogP contribution in [0.4, 0.5) is 0 Å². The summed E-state index contributed by atoms with van der Waals surface area (Å²) in [5.74, 6) is 1.09. The molecule has 2 fully saturated rings. The zero-order chi connectivity index (χ0) is 12.1. The minimum atomic E-state index is 0.410. The lowest BCUT2D eigenvalue weighted by molar-refractivity contribution is -0.134. The molecule has 0 aromatic rings. The van der Waals surface area contributed by atoms with Gasteiger partial charge in [0.25, 0.3) is 0 Å². The predicted octanol–water partition coefficient (Wildman–Crippen LogP) is 2.17. The SMILES string of the molecule is CCCN(C(=O)CC1CCCC1)C1CCNC1. The van der Waals surface area contributed by atoms with Gasteiger partial charge in [-0.15, -0.1) is 0 Å². The van der Waals surface area contributed by atoms with Crippen molar-refractivity contribution in [2.45, 2.75) is 57.9 Å². The molecule has 0 aromatic heterocycles. The van der Waals surface area contributed by atoms with Crippen molar-refractivity contribution in [2.24, 2.45) is 5.92 Å². The van der Waals surface area contributed by atoms with Gasteiger partial charge in [0.2, 0.25) is 5.91 Å². The lowest BCUT2D eigenvalue weighted by Gasteiger charge is -2.29. The minimum Gasteiger partial charge on any atom is -0.338 e. The summed E-state index contributed by atoms with van der Waals surface area (Å²) in [4.78, 5) is 14.5. The van der Waals surface area contributed by atoms with E-state index in [1.807, 2.05) is 0 Å². The van der Waals surface area contributed by atoms with E-state index in [1.54, 1.807) is 0 Å². The number of hydrogen-bond donors (Lipinski definition) is 1. The van der Waals surface area contributed by atoms with Crippen molar-refractivity contribution in [3.05, 3.63) is 0 Å². The van der Waals surface area contributed by atoms with Crippen molar-refractivity contribution in [2.75, 3.05) is 19.6 Å². The van der Waals surface area contributed by atoms with Crippen molar-refractivity contribution in [3.8, 4) is 0 Å². The van der Waals surface area contributed by atoms with Gasteiger partial charge < -0.3 is 10.2 Å². The van der Waals surface area contributed by atoms with Gasteiger partial charge in [-0.1, -0.05) is 19.8 Å². The van der Waals surface area contributed by atoms with Gasteiger partial charge in [0.15, 0.2) is 0 Å². The molecule has 0 aromatic carbocycles. The van der Waals surface area contributed by atoms with Crippen LogP contribution in [0.2, 0.25) is 0 Å². The third-order valence-electron chi connectivity index (χ3n) is 4.20. The molecule has 1 saturated carbocycles. The number of nitrogens with one attached hydrogen (secondary N) is 1. The molecule has 1 N–H and O–H groups in total. The van der Waals surface area contributed by atoms with E-state index in [0.717, 1.165) is 38.9 Å². The van der Waals surface area contributed by atoms with E-state index in [1.165, 1.54) is 25.7 Å². The van der Waals surface area contributed by atoms with Crippen molar-refractivity contribution in [1.82, 2.24) is 10.2 Å². The summed E-state index contributed by atoms with van der Waals surface area (Å²) in [6, 6.07) is 0.462. The molecular formula is C14H26N2O. The van der Waals surface area contributed by atoms with Gasteiger partial charge in [-0.05, 0) is 38.1 Å². The fourth-order valence-electron chi connectivity index (χ4n) is 3.24. The summed E-state index contributed by atoms with van der Waals surface area (Å²) in [5, 5.41) is 3.37. The molecule has 3 nitrogen and oxygen atoms in total. The van der Waals surface area contributed by atoms with Crippen LogP contribution in [0.15, 0.2) is 0 Å². The lowest BCUT2D eigenvalue weighted by Crippen LogP contribution is -2.42. The Balaban J connectivity index is 1.86. The monoisotopic (exact) mass is 238 g/mol. The molecule has 17 heavy (non-hydrogen) atoms. The minimum absolute atomic E-state index is 0.410. The maximum absolute atomic E-state index is 12.4. The Bertz CT molecular complexity index is 243. The van der Waals surface area contributed by atoms with E-state index in [2.05, 4.69) is 17.1 Å². The van der Waals surface area contributed by atoms with E-state index in [4.69, 9.17) is 0 Å². The van der Waals surface area contributed by atoms with Gasteiger partial charge in [-0.3, -0.25) is 4.79 Å². The summed E-state index contributed by atoms with van der Waals surface area (Å²) in [7, 11) is 0. The number of carbonyl (C=O) groups is 1. The number of amides is 1. The molecule has 1 amide bonds. The molecule has 98 valence electrons. The number of carbonyl (C=O) groups excluding carboxylic acids is 1. The molecule has 2 aliphatic rings. The largest absolute Gasteiger partial charge is 0.338 e. The average molecular weight is 238 g/mol. The standard InChI is InChI=1S/C14H26N2O/c1-2-9-16(13-7-8-15-11-13)14(17)10-12-5-3-4-6-12/h12-13,15H,2-11H2,1H3. The first-order valence-corrected chi connectivity index (χ1v) is 7.31. The van der Waals surface area contributed by atoms with E-state index < -0.39 is 0 Å². The van der Waals surface area contributed by atoms with Crippen LogP contribution < -0.4 is 5.32 Å². The van der Waals surface area contributed by atoms with Gasteiger partial charge in [0, 0.05) is 25.6 Å². The van der Waals surface area contributed by atoms with Crippen LogP contribution >= 0.6 is 0 Å². The Hall–Kier alpha value is -0.570. The van der Waals surface area contributed by atoms with Crippen LogP contribution in [0.25, 0.3) is 0 Å². The van der Waals surface area contributed by atoms with Crippen molar-refractivity contribution >= 4 is 5.91 Å². The molecule has 1 heterocycles. The van der Waals surface area contributed by atoms with E-state index in [-0.39, 0.29) is 0 Å². The van der Waals surface area contributed by atoms with Crippen molar-refractivity contribution < 1.29 is 4.79 Å². The van der Waals surface area contributed by atoms with E-state index in [9.17, 15) is 4.79 Å². The second-order valence-corrected chi connectivity index (χ2v) is 5.59. The maximum Gasteiger partial charge on any atom is 0.223 e. The molecule has 3 heteroatoms. The molecule has 1 atom stereocenters. The van der Waals surface area contributed by atoms with Gasteiger partial charge in [-0.2, -0.15) is 0 Å². The fourth-order valence-corrected chi connectivity index (χ4v) is 3.24. The average Bonchev–Trinajstić information content (AvgIpc) is 2.97. The Morgan fingerprint density at radius 2 is 2.06 bits per heavy atom. The molecular weight excluding hydrogens is 212 g/mol. The van der Waals surface area contributed by atoms with Gasteiger partial charge in [-0.25, -0.2) is 0 Å².